The largest absolute Gasteiger partial charge is 0.494 e. The van der Waals surface area contributed by atoms with Gasteiger partial charge in [-0.25, -0.2) is 4.98 Å². The molecule has 1 aliphatic heterocycles. The first-order valence-corrected chi connectivity index (χ1v) is 9.54. The Hall–Kier alpha value is -1.96. The molecule has 2 N–H and O–H groups in total. The van der Waals surface area contributed by atoms with Crippen LogP contribution >= 0.6 is 11.3 Å². The van der Waals surface area contributed by atoms with Crippen molar-refractivity contribution in [3.63, 3.8) is 0 Å². The van der Waals surface area contributed by atoms with Crippen LogP contribution in [-0.4, -0.2) is 61.7 Å². The molecule has 0 radical (unpaired) electrons. The molecule has 1 amide bonds. The second-order valence-corrected chi connectivity index (χ2v) is 6.70. The second kappa shape index (κ2) is 8.94. The predicted octanol–water partition coefficient (Wildman–Crippen LogP) is 1.84. The molecule has 1 saturated heterocycles. The smallest absolute Gasteiger partial charge is 0.270 e. The van der Waals surface area contributed by atoms with Crippen molar-refractivity contribution in [2.24, 2.45) is 0 Å². The Morgan fingerprint density at radius 3 is 2.80 bits per heavy atom. The summed E-state index contributed by atoms with van der Waals surface area (Å²) in [5.74, 6) is 0.734. The third kappa shape index (κ3) is 5.01. The molecule has 7 heteroatoms. The fourth-order valence-corrected chi connectivity index (χ4v) is 3.53. The van der Waals surface area contributed by atoms with Gasteiger partial charge in [-0.05, 0) is 31.2 Å². The van der Waals surface area contributed by atoms with Crippen molar-refractivity contribution in [1.82, 2.24) is 20.5 Å². The molecule has 2 heterocycles. The van der Waals surface area contributed by atoms with Gasteiger partial charge in [-0.2, -0.15) is 0 Å². The van der Waals surface area contributed by atoms with Gasteiger partial charge >= 0.3 is 0 Å². The third-order valence-corrected chi connectivity index (χ3v) is 4.96. The van der Waals surface area contributed by atoms with Crippen LogP contribution in [0.5, 0.6) is 5.75 Å². The fourth-order valence-electron chi connectivity index (χ4n) is 2.72. The number of hydrogen-bond acceptors (Lipinski definition) is 6. The number of aromatic nitrogens is 1. The molecule has 0 bridgehead atoms. The lowest BCUT2D eigenvalue weighted by Crippen LogP contribution is -2.46. The average Bonchev–Trinajstić information content (AvgIpc) is 3.14. The van der Waals surface area contributed by atoms with E-state index in [4.69, 9.17) is 4.74 Å². The van der Waals surface area contributed by atoms with E-state index in [-0.39, 0.29) is 5.91 Å². The van der Waals surface area contributed by atoms with Gasteiger partial charge in [0, 0.05) is 50.2 Å². The molecule has 0 saturated carbocycles. The maximum absolute atomic E-state index is 12.3. The predicted molar refractivity (Wildman–Crippen MR) is 100 cm³/mol. The summed E-state index contributed by atoms with van der Waals surface area (Å²) in [5.41, 5.74) is 1.47. The van der Waals surface area contributed by atoms with Gasteiger partial charge in [-0.1, -0.05) is 0 Å². The normalized spacial score (nSPS) is 15.1. The van der Waals surface area contributed by atoms with Gasteiger partial charge in [0.1, 0.15) is 16.5 Å². The summed E-state index contributed by atoms with van der Waals surface area (Å²) in [7, 11) is 0. The highest BCUT2D eigenvalue weighted by atomic mass is 32.1. The fraction of sp³-hybridized carbons (Fsp3) is 0.444. The number of carbonyl (C=O) groups is 1. The highest BCUT2D eigenvalue weighted by Gasteiger charge is 2.13. The number of piperazine rings is 1. The van der Waals surface area contributed by atoms with Gasteiger partial charge in [0.2, 0.25) is 0 Å². The molecule has 0 atom stereocenters. The van der Waals surface area contributed by atoms with Crippen LogP contribution in [0.15, 0.2) is 29.6 Å². The monoisotopic (exact) mass is 360 g/mol. The first-order valence-electron chi connectivity index (χ1n) is 8.66. The summed E-state index contributed by atoms with van der Waals surface area (Å²) in [4.78, 5) is 19.1. The maximum atomic E-state index is 12.3. The van der Waals surface area contributed by atoms with Crippen molar-refractivity contribution >= 4 is 17.2 Å². The van der Waals surface area contributed by atoms with Crippen LogP contribution < -0.4 is 15.4 Å². The maximum Gasteiger partial charge on any atom is 0.270 e. The Bertz CT molecular complexity index is 681. The van der Waals surface area contributed by atoms with Gasteiger partial charge in [0.05, 0.1) is 6.61 Å². The highest BCUT2D eigenvalue weighted by molar-refractivity contribution is 7.13. The molecule has 1 aromatic heterocycles. The van der Waals surface area contributed by atoms with Crippen molar-refractivity contribution in [3.8, 4) is 16.3 Å². The SMILES string of the molecule is CCOc1ccc(-c2nc(C(=O)NCCN3CCNCC3)cs2)cc1. The van der Waals surface area contributed by atoms with Crippen LogP contribution in [0.25, 0.3) is 10.6 Å². The van der Waals surface area contributed by atoms with E-state index < -0.39 is 0 Å². The number of rotatable bonds is 7. The highest BCUT2D eigenvalue weighted by Crippen LogP contribution is 2.25. The molecule has 0 unspecified atom stereocenters. The van der Waals surface area contributed by atoms with Crippen molar-refractivity contribution in [2.45, 2.75) is 6.92 Å². The summed E-state index contributed by atoms with van der Waals surface area (Å²) in [5, 5.41) is 8.94. The number of thiazole rings is 1. The zero-order valence-electron chi connectivity index (χ0n) is 14.5. The Kier molecular flexibility index (Phi) is 6.38. The standard InChI is InChI=1S/C18H24N4O2S/c1-2-24-15-5-3-14(4-6-15)18-21-16(13-25-18)17(23)20-9-12-22-10-7-19-8-11-22/h3-6,13,19H,2,7-12H2,1H3,(H,20,23). The van der Waals surface area contributed by atoms with Crippen LogP contribution in [0.1, 0.15) is 17.4 Å². The minimum absolute atomic E-state index is 0.108. The molecule has 3 rings (SSSR count). The molecular weight excluding hydrogens is 336 g/mol. The zero-order valence-corrected chi connectivity index (χ0v) is 15.3. The van der Waals surface area contributed by atoms with Crippen LogP contribution in [0.2, 0.25) is 0 Å². The number of carbonyl (C=O) groups excluding carboxylic acids is 1. The van der Waals surface area contributed by atoms with Crippen LogP contribution in [0.3, 0.4) is 0 Å². The van der Waals surface area contributed by atoms with Crippen molar-refractivity contribution in [3.05, 3.63) is 35.3 Å². The minimum Gasteiger partial charge on any atom is -0.494 e. The lowest BCUT2D eigenvalue weighted by atomic mass is 10.2. The number of nitrogens with zero attached hydrogens (tertiary/aromatic N) is 2. The lowest BCUT2D eigenvalue weighted by molar-refractivity contribution is 0.0943. The summed E-state index contributed by atoms with van der Waals surface area (Å²) in [6, 6.07) is 7.78. The first kappa shape index (κ1) is 17.8. The number of ether oxygens (including phenoxy) is 1. The summed E-state index contributed by atoms with van der Waals surface area (Å²) >= 11 is 1.48. The Balaban J connectivity index is 1.52. The number of benzene rings is 1. The molecule has 0 spiro atoms. The van der Waals surface area contributed by atoms with E-state index in [2.05, 4.69) is 20.5 Å². The van der Waals surface area contributed by atoms with Crippen LogP contribution in [-0.2, 0) is 0 Å². The number of amides is 1. The van der Waals surface area contributed by atoms with Gasteiger partial charge in [-0.3, -0.25) is 9.69 Å². The summed E-state index contributed by atoms with van der Waals surface area (Å²) in [6.07, 6.45) is 0. The quantitative estimate of drug-likeness (QED) is 0.789. The minimum atomic E-state index is -0.108. The third-order valence-electron chi connectivity index (χ3n) is 4.07. The molecule has 6 nitrogen and oxygen atoms in total. The van der Waals surface area contributed by atoms with E-state index in [0.29, 0.717) is 18.8 Å². The summed E-state index contributed by atoms with van der Waals surface area (Å²) < 4.78 is 5.45. The van der Waals surface area contributed by atoms with Gasteiger partial charge in [0.25, 0.3) is 5.91 Å². The Labute approximate surface area is 152 Å². The number of hydrogen-bond donors (Lipinski definition) is 2. The Morgan fingerprint density at radius 2 is 2.08 bits per heavy atom. The molecule has 0 aliphatic carbocycles. The van der Waals surface area contributed by atoms with Gasteiger partial charge in [0.15, 0.2) is 0 Å². The zero-order chi connectivity index (χ0) is 17.5. The average molecular weight is 360 g/mol. The lowest BCUT2D eigenvalue weighted by Gasteiger charge is -2.26. The topological polar surface area (TPSA) is 66.5 Å². The van der Waals surface area contributed by atoms with Crippen molar-refractivity contribution in [2.75, 3.05) is 45.9 Å². The Morgan fingerprint density at radius 1 is 1.32 bits per heavy atom. The molecule has 2 aromatic rings. The van der Waals surface area contributed by atoms with Crippen LogP contribution in [0.4, 0.5) is 0 Å². The van der Waals surface area contributed by atoms with Gasteiger partial charge < -0.3 is 15.4 Å². The van der Waals surface area contributed by atoms with E-state index in [1.165, 1.54) is 11.3 Å². The molecular formula is C18H24N4O2S. The van der Waals surface area contributed by atoms with E-state index in [9.17, 15) is 4.79 Å². The number of nitrogens with one attached hydrogen (secondary N) is 2. The first-order chi connectivity index (χ1) is 12.3. The molecule has 1 fully saturated rings. The van der Waals surface area contributed by atoms with E-state index >= 15 is 0 Å². The molecule has 25 heavy (non-hydrogen) atoms. The second-order valence-electron chi connectivity index (χ2n) is 5.84. The molecule has 1 aromatic carbocycles. The van der Waals surface area contributed by atoms with E-state index in [0.717, 1.165) is 49.0 Å². The van der Waals surface area contributed by atoms with E-state index in [1.54, 1.807) is 0 Å². The van der Waals surface area contributed by atoms with E-state index in [1.807, 2.05) is 36.6 Å². The van der Waals surface area contributed by atoms with Gasteiger partial charge in [-0.15, -0.1) is 11.3 Å². The summed E-state index contributed by atoms with van der Waals surface area (Å²) in [6.45, 7) is 8.24. The molecule has 134 valence electrons. The van der Waals surface area contributed by atoms with Crippen LogP contribution in [0, 0.1) is 0 Å². The molecule has 1 aliphatic rings. The van der Waals surface area contributed by atoms with Crippen molar-refractivity contribution < 1.29 is 9.53 Å². The van der Waals surface area contributed by atoms with Crippen molar-refractivity contribution in [1.29, 1.82) is 0 Å².